The van der Waals surface area contributed by atoms with E-state index >= 15 is 0 Å². The van der Waals surface area contributed by atoms with Gasteiger partial charge in [-0.1, -0.05) is 17.8 Å². The second-order valence-corrected chi connectivity index (χ2v) is 7.17. The Balaban J connectivity index is 1.64. The number of alkyl halides is 2. The summed E-state index contributed by atoms with van der Waals surface area (Å²) in [6.45, 7) is 3.22. The molecule has 1 heterocycles. The van der Waals surface area contributed by atoms with Crippen LogP contribution >= 0.6 is 11.8 Å². The number of halogens is 2. The topological polar surface area (TPSA) is 60.6 Å². The lowest BCUT2D eigenvalue weighted by molar-refractivity contribution is -0.0512. The van der Waals surface area contributed by atoms with E-state index in [0.717, 1.165) is 29.9 Å². The molecule has 0 fully saturated rings. The summed E-state index contributed by atoms with van der Waals surface area (Å²) in [4.78, 5) is 2.25. The number of anilines is 1. The number of hydrogen-bond donors (Lipinski definition) is 0. The molecule has 0 aliphatic heterocycles. The Morgan fingerprint density at radius 1 is 1.03 bits per heavy atom. The van der Waals surface area contributed by atoms with Gasteiger partial charge < -0.3 is 18.8 Å². The summed E-state index contributed by atoms with van der Waals surface area (Å²) >= 11 is 1.35. The van der Waals surface area contributed by atoms with Crippen molar-refractivity contribution >= 4 is 17.4 Å². The van der Waals surface area contributed by atoms with Gasteiger partial charge in [-0.05, 0) is 55.8 Å². The Morgan fingerprint density at radius 2 is 1.77 bits per heavy atom. The van der Waals surface area contributed by atoms with Crippen molar-refractivity contribution in [2.45, 2.75) is 31.4 Å². The number of aromatic nitrogens is 2. The largest absolute Gasteiger partial charge is 0.493 e. The lowest BCUT2D eigenvalue weighted by Gasteiger charge is -2.20. The molecule has 0 N–H and O–H groups in total. The van der Waals surface area contributed by atoms with Gasteiger partial charge in [-0.2, -0.15) is 8.78 Å². The first-order valence-corrected chi connectivity index (χ1v) is 10.5. The highest BCUT2D eigenvalue weighted by atomic mass is 32.2. The maximum Gasteiger partial charge on any atom is 0.387 e. The number of rotatable bonds is 10. The fourth-order valence-electron chi connectivity index (χ4n) is 2.93. The highest BCUT2D eigenvalue weighted by Crippen LogP contribution is 2.32. The van der Waals surface area contributed by atoms with Gasteiger partial charge in [-0.3, -0.25) is 0 Å². The highest BCUT2D eigenvalue weighted by Gasteiger charge is 2.13. The first-order chi connectivity index (χ1) is 14.5. The molecule has 2 aromatic carbocycles. The zero-order valence-electron chi connectivity index (χ0n) is 17.0. The molecule has 0 spiro atoms. The number of methoxy groups -OCH3 is 1. The van der Waals surface area contributed by atoms with E-state index in [2.05, 4.69) is 33.7 Å². The molecule has 0 atom stereocenters. The van der Waals surface area contributed by atoms with Gasteiger partial charge in [0.1, 0.15) is 0 Å². The Bertz CT molecular complexity index is 947. The molecule has 0 amide bonds. The van der Waals surface area contributed by atoms with Crippen LogP contribution in [-0.4, -0.2) is 37.0 Å². The van der Waals surface area contributed by atoms with Gasteiger partial charge in [-0.15, -0.1) is 10.2 Å². The standard InChI is InChI=1S/C21H23F2N3O3S/c1-4-26(5-2)16-9-7-15(8-10-16)19-24-25-21(29-19)30-13-14-6-11-17(28-20(22)23)18(12-14)27-3/h6-12,20H,4-5,13H2,1-3H3. The van der Waals surface area contributed by atoms with Crippen LogP contribution in [0.4, 0.5) is 14.5 Å². The number of ether oxygens (including phenoxy) is 2. The molecule has 0 unspecified atom stereocenters. The summed E-state index contributed by atoms with van der Waals surface area (Å²) in [7, 11) is 1.40. The maximum absolute atomic E-state index is 12.4. The van der Waals surface area contributed by atoms with Gasteiger partial charge >= 0.3 is 6.61 Å². The van der Waals surface area contributed by atoms with E-state index < -0.39 is 6.61 Å². The van der Waals surface area contributed by atoms with E-state index in [4.69, 9.17) is 9.15 Å². The SMILES string of the molecule is CCN(CC)c1ccc(-c2nnc(SCc3ccc(OC(F)F)c(OC)c3)o2)cc1. The molecular formula is C21H23F2N3O3S. The van der Waals surface area contributed by atoms with Crippen molar-refractivity contribution in [2.75, 3.05) is 25.1 Å². The minimum atomic E-state index is -2.91. The number of benzene rings is 2. The molecular weight excluding hydrogens is 412 g/mol. The van der Waals surface area contributed by atoms with E-state index in [0.29, 0.717) is 16.9 Å². The van der Waals surface area contributed by atoms with Crippen LogP contribution in [0.1, 0.15) is 19.4 Å². The van der Waals surface area contributed by atoms with Crippen molar-refractivity contribution in [1.29, 1.82) is 0 Å². The van der Waals surface area contributed by atoms with E-state index in [1.807, 2.05) is 24.3 Å². The van der Waals surface area contributed by atoms with Gasteiger partial charge in [0.15, 0.2) is 11.5 Å². The molecule has 30 heavy (non-hydrogen) atoms. The molecule has 0 bridgehead atoms. The minimum absolute atomic E-state index is 0.00511. The third-order valence-corrected chi connectivity index (χ3v) is 5.35. The van der Waals surface area contributed by atoms with Crippen molar-refractivity contribution in [3.05, 3.63) is 48.0 Å². The average Bonchev–Trinajstić information content (AvgIpc) is 3.23. The van der Waals surface area contributed by atoms with E-state index in [9.17, 15) is 8.78 Å². The van der Waals surface area contributed by atoms with Gasteiger partial charge in [0, 0.05) is 30.1 Å². The first kappa shape index (κ1) is 21.9. The highest BCUT2D eigenvalue weighted by molar-refractivity contribution is 7.98. The van der Waals surface area contributed by atoms with Crippen LogP contribution in [0.15, 0.2) is 52.1 Å². The summed E-state index contributed by atoms with van der Waals surface area (Å²) in [6, 6.07) is 12.8. The molecule has 0 radical (unpaired) electrons. The van der Waals surface area contributed by atoms with Crippen LogP contribution in [0.5, 0.6) is 11.5 Å². The van der Waals surface area contributed by atoms with Gasteiger partial charge in [0.05, 0.1) is 7.11 Å². The van der Waals surface area contributed by atoms with Gasteiger partial charge in [-0.25, -0.2) is 0 Å². The van der Waals surface area contributed by atoms with Crippen molar-refractivity contribution in [3.8, 4) is 23.0 Å². The number of hydrogen-bond acceptors (Lipinski definition) is 7. The first-order valence-electron chi connectivity index (χ1n) is 9.47. The Kier molecular flexibility index (Phi) is 7.51. The maximum atomic E-state index is 12.4. The fraction of sp³-hybridized carbons (Fsp3) is 0.333. The Hall–Kier alpha value is -2.81. The average molecular weight is 435 g/mol. The van der Waals surface area contributed by atoms with Crippen LogP contribution in [0.3, 0.4) is 0 Å². The predicted molar refractivity (Wildman–Crippen MR) is 112 cm³/mol. The predicted octanol–water partition coefficient (Wildman–Crippen LogP) is 5.49. The van der Waals surface area contributed by atoms with Gasteiger partial charge in [0.25, 0.3) is 5.22 Å². The lowest BCUT2D eigenvalue weighted by atomic mass is 10.2. The molecule has 9 heteroatoms. The number of thioether (sulfide) groups is 1. The molecule has 1 aromatic heterocycles. The molecule has 0 saturated heterocycles. The third-order valence-electron chi connectivity index (χ3n) is 4.46. The van der Waals surface area contributed by atoms with Crippen LogP contribution < -0.4 is 14.4 Å². The van der Waals surface area contributed by atoms with Crippen molar-refractivity contribution in [2.24, 2.45) is 0 Å². The second-order valence-electron chi connectivity index (χ2n) is 6.24. The zero-order chi connectivity index (χ0) is 21.5. The summed E-state index contributed by atoms with van der Waals surface area (Å²) < 4.78 is 40.2. The van der Waals surface area contributed by atoms with Crippen molar-refractivity contribution < 1.29 is 22.7 Å². The van der Waals surface area contributed by atoms with Crippen LogP contribution in [0.2, 0.25) is 0 Å². The summed E-state index contributed by atoms with van der Waals surface area (Å²) in [6.07, 6.45) is 0. The van der Waals surface area contributed by atoms with Gasteiger partial charge in [0.2, 0.25) is 5.89 Å². The van der Waals surface area contributed by atoms with E-state index in [1.165, 1.54) is 24.9 Å². The van der Waals surface area contributed by atoms with E-state index in [1.54, 1.807) is 12.1 Å². The third kappa shape index (κ3) is 5.41. The second kappa shape index (κ2) is 10.3. The molecule has 160 valence electrons. The molecule has 6 nitrogen and oxygen atoms in total. The van der Waals surface area contributed by atoms with Crippen molar-refractivity contribution in [3.63, 3.8) is 0 Å². The monoisotopic (exact) mass is 435 g/mol. The zero-order valence-corrected chi connectivity index (χ0v) is 17.8. The van der Waals surface area contributed by atoms with Crippen LogP contribution in [0, 0.1) is 0 Å². The molecule has 0 aliphatic rings. The quantitative estimate of drug-likeness (QED) is 0.391. The van der Waals surface area contributed by atoms with Crippen LogP contribution in [0.25, 0.3) is 11.5 Å². The normalized spacial score (nSPS) is 11.0. The van der Waals surface area contributed by atoms with Crippen molar-refractivity contribution in [1.82, 2.24) is 10.2 Å². The Morgan fingerprint density at radius 3 is 2.40 bits per heavy atom. The molecule has 3 aromatic rings. The Labute approximate surface area is 178 Å². The lowest BCUT2D eigenvalue weighted by Crippen LogP contribution is -2.21. The molecule has 3 rings (SSSR count). The molecule has 0 saturated carbocycles. The molecule has 0 aliphatic carbocycles. The summed E-state index contributed by atoms with van der Waals surface area (Å²) in [5.74, 6) is 1.19. The van der Waals surface area contributed by atoms with Crippen LogP contribution in [-0.2, 0) is 5.75 Å². The number of nitrogens with zero attached hydrogens (tertiary/aromatic N) is 3. The van der Waals surface area contributed by atoms with E-state index in [-0.39, 0.29) is 11.5 Å². The summed E-state index contributed by atoms with van der Waals surface area (Å²) in [5, 5.41) is 8.61. The summed E-state index contributed by atoms with van der Waals surface area (Å²) in [5.41, 5.74) is 2.84. The smallest absolute Gasteiger partial charge is 0.387 e. The minimum Gasteiger partial charge on any atom is -0.493 e. The fourth-order valence-corrected chi connectivity index (χ4v) is 3.63.